The lowest BCUT2D eigenvalue weighted by atomic mass is 10.2. The summed E-state index contributed by atoms with van der Waals surface area (Å²) in [5.74, 6) is -0.666. The molecule has 0 radical (unpaired) electrons. The van der Waals surface area contributed by atoms with Gasteiger partial charge in [-0.05, 0) is 30.3 Å². The molecule has 0 heterocycles. The van der Waals surface area contributed by atoms with E-state index in [-0.39, 0.29) is 22.2 Å². The van der Waals surface area contributed by atoms with E-state index in [1.54, 1.807) is 31.2 Å². The molecule has 0 aromatic heterocycles. The zero-order valence-corrected chi connectivity index (χ0v) is 13.5. The van der Waals surface area contributed by atoms with Gasteiger partial charge >= 0.3 is 0 Å². The summed E-state index contributed by atoms with van der Waals surface area (Å²) in [6.07, 6.45) is 0.338. The lowest BCUT2D eigenvalue weighted by Crippen LogP contribution is -2.13. The van der Waals surface area contributed by atoms with Crippen LogP contribution in [-0.2, 0) is 4.79 Å². The van der Waals surface area contributed by atoms with E-state index >= 15 is 0 Å². The molecule has 0 bridgehead atoms. The highest BCUT2D eigenvalue weighted by molar-refractivity contribution is 6.32. The maximum absolute atomic E-state index is 12.2. The highest BCUT2D eigenvalue weighted by atomic mass is 35.5. The van der Waals surface area contributed by atoms with Crippen LogP contribution < -0.4 is 10.6 Å². The molecule has 0 atom stereocenters. The molecule has 0 aliphatic rings. The van der Waals surface area contributed by atoms with E-state index in [2.05, 4.69) is 10.6 Å². The van der Waals surface area contributed by atoms with Gasteiger partial charge in [0.05, 0.1) is 4.92 Å². The average Bonchev–Trinajstić information content (AvgIpc) is 2.55. The van der Waals surface area contributed by atoms with E-state index in [1.807, 2.05) is 0 Å². The molecule has 2 amide bonds. The summed E-state index contributed by atoms with van der Waals surface area (Å²) in [7, 11) is 0. The Hall–Kier alpha value is -2.93. The van der Waals surface area contributed by atoms with Gasteiger partial charge in [-0.2, -0.15) is 0 Å². The number of carbonyl (C=O) groups is 2. The highest BCUT2D eigenvalue weighted by Crippen LogP contribution is 2.25. The minimum Gasteiger partial charge on any atom is -0.326 e. The van der Waals surface area contributed by atoms with Crippen molar-refractivity contribution in [1.82, 2.24) is 0 Å². The summed E-state index contributed by atoms with van der Waals surface area (Å²) in [4.78, 5) is 33.8. The molecule has 2 rings (SSSR count). The number of anilines is 2. The molecule has 0 saturated carbocycles. The first kappa shape index (κ1) is 17.4. The molecule has 0 aliphatic carbocycles. The van der Waals surface area contributed by atoms with E-state index in [9.17, 15) is 19.7 Å². The van der Waals surface area contributed by atoms with Crippen molar-refractivity contribution in [3.05, 3.63) is 63.2 Å². The van der Waals surface area contributed by atoms with Gasteiger partial charge in [-0.3, -0.25) is 19.7 Å². The smallest absolute Gasteiger partial charge is 0.288 e. The third kappa shape index (κ3) is 4.30. The Bertz CT molecular complexity index is 808. The Kier molecular flexibility index (Phi) is 5.49. The maximum Gasteiger partial charge on any atom is 0.288 e. The van der Waals surface area contributed by atoms with Crippen molar-refractivity contribution in [3.8, 4) is 0 Å². The van der Waals surface area contributed by atoms with Crippen LogP contribution in [0.3, 0.4) is 0 Å². The largest absolute Gasteiger partial charge is 0.326 e. The van der Waals surface area contributed by atoms with E-state index in [0.29, 0.717) is 17.8 Å². The minimum absolute atomic E-state index is 0.0409. The van der Waals surface area contributed by atoms with Gasteiger partial charge in [0.2, 0.25) is 5.91 Å². The highest BCUT2D eigenvalue weighted by Gasteiger charge is 2.16. The van der Waals surface area contributed by atoms with Crippen LogP contribution in [0.1, 0.15) is 23.7 Å². The number of hydrogen-bond acceptors (Lipinski definition) is 4. The Labute approximate surface area is 142 Å². The molecule has 2 aromatic carbocycles. The molecule has 0 saturated heterocycles. The third-order valence-electron chi connectivity index (χ3n) is 3.13. The van der Waals surface area contributed by atoms with Crippen LogP contribution in [0.15, 0.2) is 42.5 Å². The number of nitro benzene ring substituents is 1. The standard InChI is InChI=1S/C16H14ClN3O4/c1-2-15(21)18-11-4-3-5-12(9-11)19-16(22)10-6-7-13(17)14(8-10)20(23)24/h3-9H,2H2,1H3,(H,18,21)(H,19,22). The van der Waals surface area contributed by atoms with Crippen LogP contribution in [0.25, 0.3) is 0 Å². The summed E-state index contributed by atoms with van der Waals surface area (Å²) in [5, 5.41) is 16.1. The molecule has 0 fully saturated rings. The Morgan fingerprint density at radius 2 is 1.79 bits per heavy atom. The average molecular weight is 348 g/mol. The van der Waals surface area contributed by atoms with Gasteiger partial charge in [-0.25, -0.2) is 0 Å². The van der Waals surface area contributed by atoms with Crippen molar-refractivity contribution in [2.75, 3.05) is 10.6 Å². The zero-order valence-electron chi connectivity index (χ0n) is 12.7. The SMILES string of the molecule is CCC(=O)Nc1cccc(NC(=O)c2ccc(Cl)c([N+](=O)[O-])c2)c1. The predicted octanol–water partition coefficient (Wildman–Crippen LogP) is 3.85. The van der Waals surface area contributed by atoms with Crippen LogP contribution in [0.4, 0.5) is 17.1 Å². The number of carbonyl (C=O) groups excluding carboxylic acids is 2. The van der Waals surface area contributed by atoms with E-state index < -0.39 is 10.8 Å². The van der Waals surface area contributed by atoms with E-state index in [4.69, 9.17) is 11.6 Å². The van der Waals surface area contributed by atoms with Crippen molar-refractivity contribution in [2.45, 2.75) is 13.3 Å². The second kappa shape index (κ2) is 7.56. The first-order valence-corrected chi connectivity index (χ1v) is 7.43. The number of halogens is 1. The first-order chi connectivity index (χ1) is 11.4. The van der Waals surface area contributed by atoms with Crippen molar-refractivity contribution in [3.63, 3.8) is 0 Å². The normalized spacial score (nSPS) is 10.1. The molecule has 24 heavy (non-hydrogen) atoms. The van der Waals surface area contributed by atoms with Crippen LogP contribution in [0, 0.1) is 10.1 Å². The molecule has 0 unspecified atom stereocenters. The van der Waals surface area contributed by atoms with Crippen LogP contribution in [0.2, 0.25) is 5.02 Å². The molecule has 0 spiro atoms. The van der Waals surface area contributed by atoms with Gasteiger partial charge in [0, 0.05) is 29.4 Å². The summed E-state index contributed by atoms with van der Waals surface area (Å²) in [5.41, 5.74) is 0.760. The van der Waals surface area contributed by atoms with E-state index in [0.717, 1.165) is 6.07 Å². The van der Waals surface area contributed by atoms with Crippen molar-refractivity contribution >= 4 is 40.5 Å². The fourth-order valence-electron chi connectivity index (χ4n) is 1.92. The quantitative estimate of drug-likeness (QED) is 0.633. The second-order valence-electron chi connectivity index (χ2n) is 4.86. The summed E-state index contributed by atoms with van der Waals surface area (Å²) in [6.45, 7) is 1.73. The van der Waals surface area contributed by atoms with Crippen LogP contribution in [0.5, 0.6) is 0 Å². The number of benzene rings is 2. The number of hydrogen-bond donors (Lipinski definition) is 2. The second-order valence-corrected chi connectivity index (χ2v) is 5.27. The minimum atomic E-state index is -0.653. The van der Waals surface area contributed by atoms with Gasteiger partial charge in [0.1, 0.15) is 5.02 Å². The van der Waals surface area contributed by atoms with Gasteiger partial charge in [-0.1, -0.05) is 24.6 Å². The number of nitro groups is 1. The molecule has 2 N–H and O–H groups in total. The van der Waals surface area contributed by atoms with Gasteiger partial charge in [-0.15, -0.1) is 0 Å². The summed E-state index contributed by atoms with van der Waals surface area (Å²) >= 11 is 5.73. The molecule has 124 valence electrons. The fraction of sp³-hybridized carbons (Fsp3) is 0.125. The number of amides is 2. The lowest BCUT2D eigenvalue weighted by Gasteiger charge is -2.08. The van der Waals surface area contributed by atoms with Crippen molar-refractivity contribution in [2.24, 2.45) is 0 Å². The monoisotopic (exact) mass is 347 g/mol. The maximum atomic E-state index is 12.2. The molecular formula is C16H14ClN3O4. The number of rotatable bonds is 5. The predicted molar refractivity (Wildman–Crippen MR) is 91.4 cm³/mol. The Morgan fingerprint density at radius 3 is 2.42 bits per heavy atom. The van der Waals surface area contributed by atoms with E-state index in [1.165, 1.54) is 12.1 Å². The molecule has 7 nitrogen and oxygen atoms in total. The van der Waals surface area contributed by atoms with Crippen LogP contribution >= 0.6 is 11.6 Å². The Balaban J connectivity index is 2.18. The van der Waals surface area contributed by atoms with Crippen molar-refractivity contribution < 1.29 is 14.5 Å². The first-order valence-electron chi connectivity index (χ1n) is 7.06. The fourth-order valence-corrected chi connectivity index (χ4v) is 2.11. The van der Waals surface area contributed by atoms with Gasteiger partial charge < -0.3 is 10.6 Å². The molecule has 2 aromatic rings. The third-order valence-corrected chi connectivity index (χ3v) is 3.45. The van der Waals surface area contributed by atoms with Gasteiger partial charge in [0.15, 0.2) is 0 Å². The zero-order chi connectivity index (χ0) is 17.7. The topological polar surface area (TPSA) is 101 Å². The molecular weight excluding hydrogens is 334 g/mol. The summed E-state index contributed by atoms with van der Waals surface area (Å²) < 4.78 is 0. The van der Waals surface area contributed by atoms with Crippen molar-refractivity contribution in [1.29, 1.82) is 0 Å². The molecule has 8 heteroatoms. The molecule has 0 aliphatic heterocycles. The lowest BCUT2D eigenvalue weighted by molar-refractivity contribution is -0.384. The van der Waals surface area contributed by atoms with Gasteiger partial charge in [0.25, 0.3) is 11.6 Å². The number of nitrogens with zero attached hydrogens (tertiary/aromatic N) is 1. The number of nitrogens with one attached hydrogen (secondary N) is 2. The van der Waals surface area contributed by atoms with Crippen LogP contribution in [-0.4, -0.2) is 16.7 Å². The summed E-state index contributed by atoms with van der Waals surface area (Å²) in [6, 6.07) is 10.4. The Morgan fingerprint density at radius 1 is 1.12 bits per heavy atom.